The topological polar surface area (TPSA) is 51.2 Å². The normalized spacial score (nSPS) is 15.7. The van der Waals surface area contributed by atoms with Gasteiger partial charge in [0.05, 0.1) is 0 Å². The molecule has 118 valence electrons. The summed E-state index contributed by atoms with van der Waals surface area (Å²) < 4.78 is 5.44. The zero-order chi connectivity index (χ0) is 16.4. The van der Waals surface area contributed by atoms with Crippen LogP contribution in [-0.2, 0) is 11.3 Å². The number of aromatic nitrogens is 1. The summed E-state index contributed by atoms with van der Waals surface area (Å²) in [7, 11) is 0. The largest absolute Gasteiger partial charge is 0.476 e. The number of hydrogen-bond donors (Lipinski definition) is 1. The number of pyridine rings is 1. The zero-order valence-electron chi connectivity index (χ0n) is 12.2. The van der Waals surface area contributed by atoms with Crippen molar-refractivity contribution in [2.45, 2.75) is 12.5 Å². The lowest BCUT2D eigenvalue weighted by atomic mass is 10.0. The van der Waals surface area contributed by atoms with Crippen molar-refractivity contribution >= 4 is 35.2 Å². The fourth-order valence-corrected chi connectivity index (χ4v) is 3.12. The Kier molecular flexibility index (Phi) is 4.55. The van der Waals surface area contributed by atoms with Gasteiger partial charge in [-0.2, -0.15) is 0 Å². The lowest BCUT2D eigenvalue weighted by molar-refractivity contribution is -0.122. The molecule has 4 nitrogen and oxygen atoms in total. The summed E-state index contributed by atoms with van der Waals surface area (Å²) in [6, 6.07) is 7.05. The number of benzene rings is 1. The van der Waals surface area contributed by atoms with Gasteiger partial charge in [0.25, 0.3) is 0 Å². The van der Waals surface area contributed by atoms with Crippen LogP contribution in [0.4, 0.5) is 0 Å². The van der Waals surface area contributed by atoms with Crippen molar-refractivity contribution in [3.8, 4) is 5.88 Å². The molecule has 0 fully saturated rings. The first-order valence-electron chi connectivity index (χ1n) is 7.06. The predicted molar refractivity (Wildman–Crippen MR) is 90.9 cm³/mol. The van der Waals surface area contributed by atoms with Gasteiger partial charge in [0.15, 0.2) is 0 Å². The first-order valence-corrected chi connectivity index (χ1v) is 7.81. The van der Waals surface area contributed by atoms with Crippen molar-refractivity contribution in [3.63, 3.8) is 0 Å². The second kappa shape index (κ2) is 6.60. The van der Waals surface area contributed by atoms with E-state index >= 15 is 0 Å². The van der Waals surface area contributed by atoms with Crippen LogP contribution in [0.2, 0.25) is 10.0 Å². The minimum absolute atomic E-state index is 0.127. The maximum absolute atomic E-state index is 12.4. The number of halogens is 2. The second-order valence-corrected chi connectivity index (χ2v) is 5.98. The quantitative estimate of drug-likeness (QED) is 0.913. The van der Waals surface area contributed by atoms with Crippen LogP contribution in [0.3, 0.4) is 0 Å². The fraction of sp³-hybridized carbons (Fsp3) is 0.176. The van der Waals surface area contributed by atoms with E-state index in [1.165, 1.54) is 0 Å². The highest BCUT2D eigenvalue weighted by molar-refractivity contribution is 6.35. The molecule has 0 saturated heterocycles. The van der Waals surface area contributed by atoms with Crippen LogP contribution in [0.25, 0.3) is 6.08 Å². The minimum Gasteiger partial charge on any atom is -0.476 e. The molecular weight excluding hydrogens is 335 g/mol. The first-order chi connectivity index (χ1) is 11.1. The third-order valence-electron chi connectivity index (χ3n) is 3.73. The van der Waals surface area contributed by atoms with Gasteiger partial charge in [-0.15, -0.1) is 0 Å². The third-order valence-corrected chi connectivity index (χ3v) is 4.29. The number of rotatable bonds is 4. The number of nitrogens with one attached hydrogen (secondary N) is 1. The molecule has 1 unspecified atom stereocenters. The van der Waals surface area contributed by atoms with Gasteiger partial charge >= 0.3 is 0 Å². The number of nitrogens with zero attached hydrogens (tertiary/aromatic N) is 1. The van der Waals surface area contributed by atoms with Crippen molar-refractivity contribution in [1.82, 2.24) is 10.3 Å². The van der Waals surface area contributed by atoms with E-state index in [0.717, 1.165) is 16.7 Å². The highest BCUT2D eigenvalue weighted by atomic mass is 35.5. The fourth-order valence-electron chi connectivity index (χ4n) is 2.55. The molecular formula is C17H14Cl2N2O2. The van der Waals surface area contributed by atoms with E-state index in [2.05, 4.69) is 16.9 Å². The average Bonchev–Trinajstić information content (AvgIpc) is 2.97. The van der Waals surface area contributed by atoms with Gasteiger partial charge in [0.1, 0.15) is 12.5 Å². The van der Waals surface area contributed by atoms with E-state index in [-0.39, 0.29) is 11.8 Å². The van der Waals surface area contributed by atoms with Crippen LogP contribution in [-0.4, -0.2) is 17.5 Å². The van der Waals surface area contributed by atoms with E-state index in [1.54, 1.807) is 30.5 Å². The third kappa shape index (κ3) is 3.19. The summed E-state index contributed by atoms with van der Waals surface area (Å²) in [4.78, 5) is 16.6. The highest BCUT2D eigenvalue weighted by Gasteiger charge is 2.31. The Labute approximate surface area is 144 Å². The first kappa shape index (κ1) is 15.8. The van der Waals surface area contributed by atoms with Crippen LogP contribution in [0, 0.1) is 0 Å². The molecule has 23 heavy (non-hydrogen) atoms. The Morgan fingerprint density at radius 2 is 2.30 bits per heavy atom. The molecule has 1 aliphatic heterocycles. The molecule has 0 saturated carbocycles. The van der Waals surface area contributed by atoms with Gasteiger partial charge < -0.3 is 10.1 Å². The van der Waals surface area contributed by atoms with Crippen LogP contribution in [0.15, 0.2) is 37.0 Å². The number of carbonyl (C=O) groups excluding carboxylic acids is 1. The number of ether oxygens (including phenoxy) is 1. The molecule has 6 heteroatoms. The molecule has 1 atom stereocenters. The lowest BCUT2D eigenvalue weighted by Gasteiger charge is -2.13. The Morgan fingerprint density at radius 1 is 1.48 bits per heavy atom. The Hall–Kier alpha value is -2.04. The smallest absolute Gasteiger partial charge is 0.231 e. The Bertz CT molecular complexity index is 777. The van der Waals surface area contributed by atoms with Crippen molar-refractivity contribution in [1.29, 1.82) is 0 Å². The minimum atomic E-state index is -0.364. The van der Waals surface area contributed by atoms with Crippen molar-refractivity contribution in [3.05, 3.63) is 63.8 Å². The van der Waals surface area contributed by atoms with E-state index in [1.807, 2.05) is 6.07 Å². The summed E-state index contributed by atoms with van der Waals surface area (Å²) in [6.45, 7) is 4.34. The number of carbonyl (C=O) groups is 1. The van der Waals surface area contributed by atoms with Gasteiger partial charge in [-0.1, -0.05) is 41.9 Å². The number of amides is 1. The van der Waals surface area contributed by atoms with Crippen LogP contribution < -0.4 is 10.1 Å². The van der Waals surface area contributed by atoms with Crippen molar-refractivity contribution in [2.24, 2.45) is 0 Å². The van der Waals surface area contributed by atoms with Gasteiger partial charge in [0.2, 0.25) is 11.8 Å². The summed E-state index contributed by atoms with van der Waals surface area (Å²) in [5.74, 6) is 0.0266. The molecule has 1 aromatic carbocycles. The average molecular weight is 349 g/mol. The molecule has 0 spiro atoms. The molecule has 2 heterocycles. The molecule has 1 N–H and O–H groups in total. The predicted octanol–water partition coefficient (Wildman–Crippen LogP) is 3.82. The SMILES string of the molecule is C=Cc1cc(Cl)cc(Cl)c1CNC(=O)C1COc2ncccc21. The summed E-state index contributed by atoms with van der Waals surface area (Å²) in [5, 5.41) is 3.92. The summed E-state index contributed by atoms with van der Waals surface area (Å²) >= 11 is 12.2. The summed E-state index contributed by atoms with van der Waals surface area (Å²) in [5.41, 5.74) is 2.38. The molecule has 2 aromatic rings. The lowest BCUT2D eigenvalue weighted by Crippen LogP contribution is -2.30. The van der Waals surface area contributed by atoms with E-state index in [4.69, 9.17) is 27.9 Å². The van der Waals surface area contributed by atoms with Gasteiger partial charge in [0, 0.05) is 28.4 Å². The highest BCUT2D eigenvalue weighted by Crippen LogP contribution is 2.32. The Balaban J connectivity index is 1.75. The molecule has 0 radical (unpaired) electrons. The van der Waals surface area contributed by atoms with E-state index in [9.17, 15) is 4.79 Å². The monoisotopic (exact) mass is 348 g/mol. The van der Waals surface area contributed by atoms with Gasteiger partial charge in [-0.25, -0.2) is 4.98 Å². The van der Waals surface area contributed by atoms with E-state index < -0.39 is 0 Å². The molecule has 0 aliphatic carbocycles. The van der Waals surface area contributed by atoms with Crippen molar-refractivity contribution < 1.29 is 9.53 Å². The van der Waals surface area contributed by atoms with Crippen molar-refractivity contribution in [2.75, 3.05) is 6.61 Å². The molecule has 1 aromatic heterocycles. The second-order valence-electron chi connectivity index (χ2n) is 5.14. The zero-order valence-corrected chi connectivity index (χ0v) is 13.7. The number of hydrogen-bond acceptors (Lipinski definition) is 3. The van der Waals surface area contributed by atoms with Crippen LogP contribution >= 0.6 is 23.2 Å². The molecule has 0 bridgehead atoms. The summed E-state index contributed by atoms with van der Waals surface area (Å²) in [6.07, 6.45) is 3.31. The molecule has 1 amide bonds. The van der Waals surface area contributed by atoms with Crippen LogP contribution in [0.1, 0.15) is 22.6 Å². The number of fused-ring (bicyclic) bond motifs is 1. The maximum Gasteiger partial charge on any atom is 0.231 e. The van der Waals surface area contributed by atoms with Gasteiger partial charge in [-0.05, 0) is 29.3 Å². The maximum atomic E-state index is 12.4. The molecule has 1 aliphatic rings. The van der Waals surface area contributed by atoms with Gasteiger partial charge in [-0.3, -0.25) is 4.79 Å². The van der Waals surface area contributed by atoms with Crippen LogP contribution in [0.5, 0.6) is 5.88 Å². The standard InChI is InChI=1S/C17H14Cl2N2O2/c1-2-10-6-11(18)7-15(19)13(10)8-21-16(22)14-9-23-17-12(14)4-3-5-20-17/h2-7,14H,1,8-9H2,(H,21,22). The van der Waals surface area contributed by atoms with E-state index in [0.29, 0.717) is 29.1 Å². The molecule has 3 rings (SSSR count). The Morgan fingerprint density at radius 3 is 3.09 bits per heavy atom.